The predicted octanol–water partition coefficient (Wildman–Crippen LogP) is 2.69. The molecule has 5 heteroatoms. The first-order valence-corrected chi connectivity index (χ1v) is 8.85. The third kappa shape index (κ3) is 3.43. The highest BCUT2D eigenvalue weighted by molar-refractivity contribution is 5.80. The van der Waals surface area contributed by atoms with E-state index >= 15 is 0 Å². The zero-order chi connectivity index (χ0) is 18.7. The lowest BCUT2D eigenvalue weighted by Gasteiger charge is -2.25. The summed E-state index contributed by atoms with van der Waals surface area (Å²) in [5, 5.41) is 13.7. The van der Waals surface area contributed by atoms with E-state index in [1.807, 2.05) is 43.3 Å². The molecule has 136 valence electrons. The Bertz CT molecular complexity index is 772. The molecule has 0 radical (unpaired) electrons. The third-order valence-corrected chi connectivity index (χ3v) is 5.08. The molecule has 2 aromatic carbocycles. The number of nitrogens with one attached hydrogen (secondary N) is 1. The van der Waals surface area contributed by atoms with Gasteiger partial charge in [0.1, 0.15) is 6.61 Å². The van der Waals surface area contributed by atoms with Crippen molar-refractivity contribution in [2.24, 2.45) is 5.92 Å². The van der Waals surface area contributed by atoms with E-state index < -0.39 is 18.1 Å². The van der Waals surface area contributed by atoms with E-state index in [0.29, 0.717) is 6.42 Å². The quantitative estimate of drug-likeness (QED) is 0.867. The molecule has 0 unspecified atom stereocenters. The number of rotatable bonds is 6. The largest absolute Gasteiger partial charge is 0.548 e. The Balaban J connectivity index is 1.72. The highest BCUT2D eigenvalue weighted by Crippen LogP contribution is 2.44. The number of benzene rings is 2. The number of carboxylic acids is 1. The molecule has 2 aromatic rings. The lowest BCUT2D eigenvalue weighted by atomic mass is 9.98. The minimum absolute atomic E-state index is 0.0573. The second-order valence-electron chi connectivity index (χ2n) is 6.65. The third-order valence-electron chi connectivity index (χ3n) is 5.08. The standard InChI is InChI=1S/C21H23NO4/c1-3-13(2)19(20(23)24)22-21(25)26-12-18-16-10-6-4-8-14(16)15-9-5-7-11-17(15)18/h4-11,13,18-19H,3,12H2,1-2H3,(H,22,25)(H,23,24)/p-1/t13-,19-/m1/s1. The maximum Gasteiger partial charge on any atom is 0.407 e. The first-order valence-electron chi connectivity index (χ1n) is 8.85. The van der Waals surface area contributed by atoms with E-state index in [1.54, 1.807) is 6.92 Å². The maximum atomic E-state index is 12.1. The monoisotopic (exact) mass is 352 g/mol. The van der Waals surface area contributed by atoms with Crippen LogP contribution in [0.2, 0.25) is 0 Å². The van der Waals surface area contributed by atoms with Crippen LogP contribution < -0.4 is 10.4 Å². The number of aliphatic carboxylic acids is 1. The van der Waals surface area contributed by atoms with Gasteiger partial charge in [0.15, 0.2) is 0 Å². The van der Waals surface area contributed by atoms with Crippen LogP contribution in [0.1, 0.15) is 37.3 Å². The molecular weight excluding hydrogens is 330 g/mol. The van der Waals surface area contributed by atoms with Crippen LogP contribution in [0.4, 0.5) is 4.79 Å². The van der Waals surface area contributed by atoms with Crippen molar-refractivity contribution < 1.29 is 19.4 Å². The number of ether oxygens (including phenoxy) is 1. The van der Waals surface area contributed by atoms with E-state index in [1.165, 1.54) is 0 Å². The zero-order valence-corrected chi connectivity index (χ0v) is 14.9. The molecule has 0 aromatic heterocycles. The predicted molar refractivity (Wildman–Crippen MR) is 96.5 cm³/mol. The van der Waals surface area contributed by atoms with Gasteiger partial charge in [-0.3, -0.25) is 0 Å². The van der Waals surface area contributed by atoms with Crippen LogP contribution in [0.25, 0.3) is 11.1 Å². The topological polar surface area (TPSA) is 78.5 Å². The van der Waals surface area contributed by atoms with Crippen molar-refractivity contribution in [3.8, 4) is 11.1 Å². The summed E-state index contributed by atoms with van der Waals surface area (Å²) < 4.78 is 5.37. The van der Waals surface area contributed by atoms with Gasteiger partial charge in [-0.2, -0.15) is 0 Å². The molecule has 0 fully saturated rings. The summed E-state index contributed by atoms with van der Waals surface area (Å²) in [6.45, 7) is 3.77. The highest BCUT2D eigenvalue weighted by Gasteiger charge is 2.29. The Morgan fingerprint density at radius 3 is 2.12 bits per heavy atom. The van der Waals surface area contributed by atoms with Crippen LogP contribution in [0.3, 0.4) is 0 Å². The van der Waals surface area contributed by atoms with Gasteiger partial charge in [0, 0.05) is 5.92 Å². The molecule has 1 amide bonds. The van der Waals surface area contributed by atoms with Gasteiger partial charge in [-0.25, -0.2) is 4.79 Å². The molecular formula is C21H22NO4-. The molecule has 1 aliphatic rings. The Kier molecular flexibility index (Phi) is 5.26. The van der Waals surface area contributed by atoms with Crippen LogP contribution in [0.15, 0.2) is 48.5 Å². The Morgan fingerprint density at radius 1 is 1.08 bits per heavy atom. The van der Waals surface area contributed by atoms with E-state index in [-0.39, 0.29) is 18.4 Å². The van der Waals surface area contributed by atoms with Crippen molar-refractivity contribution in [1.82, 2.24) is 5.32 Å². The molecule has 1 N–H and O–H groups in total. The van der Waals surface area contributed by atoms with E-state index in [2.05, 4.69) is 17.4 Å². The normalized spacial score (nSPS) is 14.8. The van der Waals surface area contributed by atoms with Gasteiger partial charge in [0.25, 0.3) is 0 Å². The molecule has 5 nitrogen and oxygen atoms in total. The summed E-state index contributed by atoms with van der Waals surface area (Å²) >= 11 is 0. The number of hydrogen-bond donors (Lipinski definition) is 1. The SMILES string of the molecule is CC[C@@H](C)[C@@H](NC(=O)OCC1c2ccccc2-c2ccccc21)C(=O)[O-]. The van der Waals surface area contributed by atoms with Crippen LogP contribution in [-0.4, -0.2) is 24.7 Å². The Labute approximate surface area is 153 Å². The molecule has 26 heavy (non-hydrogen) atoms. The molecule has 2 atom stereocenters. The first kappa shape index (κ1) is 18.0. The number of carbonyl (C=O) groups is 2. The van der Waals surface area contributed by atoms with Crippen molar-refractivity contribution in [2.45, 2.75) is 32.2 Å². The van der Waals surface area contributed by atoms with Crippen molar-refractivity contribution >= 4 is 12.1 Å². The van der Waals surface area contributed by atoms with Crippen LogP contribution in [0, 0.1) is 5.92 Å². The maximum absolute atomic E-state index is 12.1. The summed E-state index contributed by atoms with van der Waals surface area (Å²) in [7, 11) is 0. The summed E-state index contributed by atoms with van der Waals surface area (Å²) in [4.78, 5) is 23.4. The highest BCUT2D eigenvalue weighted by atomic mass is 16.5. The number of amides is 1. The van der Waals surface area contributed by atoms with Crippen LogP contribution >= 0.6 is 0 Å². The minimum atomic E-state index is -1.30. The fourth-order valence-corrected chi connectivity index (χ4v) is 3.44. The van der Waals surface area contributed by atoms with Gasteiger partial charge < -0.3 is 20.0 Å². The van der Waals surface area contributed by atoms with Gasteiger partial charge in [0.05, 0.1) is 12.0 Å². The van der Waals surface area contributed by atoms with Gasteiger partial charge in [-0.1, -0.05) is 68.8 Å². The number of carboxylic acid groups (broad SMARTS) is 1. The summed E-state index contributed by atoms with van der Waals surface area (Å²) in [6, 6.07) is 15.0. The average molecular weight is 352 g/mol. The Hall–Kier alpha value is -2.82. The molecule has 3 rings (SSSR count). The molecule has 0 aliphatic heterocycles. The lowest BCUT2D eigenvalue weighted by Crippen LogP contribution is -2.51. The summed E-state index contributed by atoms with van der Waals surface area (Å²) in [5.41, 5.74) is 4.51. The summed E-state index contributed by atoms with van der Waals surface area (Å²) in [5.74, 6) is -1.59. The molecule has 0 saturated heterocycles. The van der Waals surface area contributed by atoms with E-state index in [9.17, 15) is 14.7 Å². The molecule has 0 saturated carbocycles. The van der Waals surface area contributed by atoms with Crippen molar-refractivity contribution in [3.05, 3.63) is 59.7 Å². The number of hydrogen-bond acceptors (Lipinski definition) is 4. The number of fused-ring (bicyclic) bond motifs is 3. The first-order chi connectivity index (χ1) is 12.5. The second-order valence-corrected chi connectivity index (χ2v) is 6.65. The average Bonchev–Trinajstić information content (AvgIpc) is 2.97. The van der Waals surface area contributed by atoms with Gasteiger partial charge in [-0.05, 0) is 28.2 Å². The molecule has 1 aliphatic carbocycles. The fourth-order valence-electron chi connectivity index (χ4n) is 3.44. The Morgan fingerprint density at radius 2 is 1.62 bits per heavy atom. The van der Waals surface area contributed by atoms with Gasteiger partial charge >= 0.3 is 6.09 Å². The number of alkyl carbamates (subject to hydrolysis) is 1. The van der Waals surface area contributed by atoms with Gasteiger partial charge in [-0.15, -0.1) is 0 Å². The van der Waals surface area contributed by atoms with Crippen molar-refractivity contribution in [2.75, 3.05) is 6.61 Å². The number of carbonyl (C=O) groups excluding carboxylic acids is 2. The van der Waals surface area contributed by atoms with Crippen LogP contribution in [-0.2, 0) is 9.53 Å². The fraction of sp³-hybridized carbons (Fsp3) is 0.333. The van der Waals surface area contributed by atoms with E-state index in [4.69, 9.17) is 4.74 Å². The smallest absolute Gasteiger partial charge is 0.407 e. The minimum Gasteiger partial charge on any atom is -0.548 e. The van der Waals surface area contributed by atoms with Crippen molar-refractivity contribution in [3.63, 3.8) is 0 Å². The molecule has 0 heterocycles. The molecule has 0 bridgehead atoms. The summed E-state index contributed by atoms with van der Waals surface area (Å²) in [6.07, 6.45) is -0.121. The van der Waals surface area contributed by atoms with Gasteiger partial charge in [0.2, 0.25) is 0 Å². The van der Waals surface area contributed by atoms with Crippen LogP contribution in [0.5, 0.6) is 0 Å². The van der Waals surface area contributed by atoms with Crippen molar-refractivity contribution in [1.29, 1.82) is 0 Å². The lowest BCUT2D eigenvalue weighted by molar-refractivity contribution is -0.309. The van der Waals surface area contributed by atoms with E-state index in [0.717, 1.165) is 22.3 Å². The zero-order valence-electron chi connectivity index (χ0n) is 14.9. The molecule has 0 spiro atoms. The second kappa shape index (κ2) is 7.60.